The zero-order chi connectivity index (χ0) is 37.5. The Morgan fingerprint density at radius 1 is 0.246 bits per heavy atom. The van der Waals surface area contributed by atoms with E-state index in [0.717, 1.165) is 11.4 Å². The van der Waals surface area contributed by atoms with Crippen LogP contribution in [0.15, 0.2) is 206 Å². The van der Waals surface area contributed by atoms with Crippen LogP contribution in [0, 0.1) is 0 Å². The number of fused-ring (bicyclic) bond motifs is 9. The first-order chi connectivity index (χ1) is 28.2. The molecule has 0 saturated heterocycles. The van der Waals surface area contributed by atoms with Gasteiger partial charge >= 0.3 is 0 Å². The van der Waals surface area contributed by atoms with Gasteiger partial charge in [0.25, 0.3) is 0 Å². The van der Waals surface area contributed by atoms with Gasteiger partial charge in [-0.1, -0.05) is 133 Å². The number of hydrogen-bond acceptors (Lipinski definition) is 1. The summed E-state index contributed by atoms with van der Waals surface area (Å²) >= 11 is 1.88. The predicted octanol–water partition coefficient (Wildman–Crippen LogP) is 15.2. The number of aromatic nitrogens is 2. The Labute approximate surface area is 333 Å². The van der Waals surface area contributed by atoms with Crippen molar-refractivity contribution in [2.24, 2.45) is 0 Å². The average Bonchev–Trinajstić information content (AvgIpc) is 3.93. The van der Waals surface area contributed by atoms with Crippen LogP contribution >= 0.6 is 11.3 Å². The second-order valence-electron chi connectivity index (χ2n) is 14.9. The molecule has 0 spiro atoms. The topological polar surface area (TPSA) is 9.86 Å². The lowest BCUT2D eigenvalue weighted by Crippen LogP contribution is -1.95. The van der Waals surface area contributed by atoms with Crippen LogP contribution in [0.5, 0.6) is 0 Å². The zero-order valence-electron chi connectivity index (χ0n) is 30.9. The lowest BCUT2D eigenvalue weighted by atomic mass is 9.98. The summed E-state index contributed by atoms with van der Waals surface area (Å²) in [5, 5.41) is 7.73. The van der Waals surface area contributed by atoms with Gasteiger partial charge in [0.15, 0.2) is 0 Å². The van der Waals surface area contributed by atoms with Crippen molar-refractivity contribution in [3.05, 3.63) is 206 Å². The van der Waals surface area contributed by atoms with E-state index < -0.39 is 0 Å². The van der Waals surface area contributed by atoms with Gasteiger partial charge in [0.05, 0.1) is 22.1 Å². The van der Waals surface area contributed by atoms with Crippen LogP contribution in [0.1, 0.15) is 0 Å². The lowest BCUT2D eigenvalue weighted by molar-refractivity contribution is 1.18. The third-order valence-electron chi connectivity index (χ3n) is 11.7. The minimum Gasteiger partial charge on any atom is -0.309 e. The molecule has 266 valence electrons. The van der Waals surface area contributed by atoms with Crippen molar-refractivity contribution in [1.29, 1.82) is 0 Å². The van der Waals surface area contributed by atoms with Crippen molar-refractivity contribution in [2.45, 2.75) is 0 Å². The highest BCUT2D eigenvalue weighted by molar-refractivity contribution is 7.25. The second-order valence-corrected chi connectivity index (χ2v) is 16.0. The largest absolute Gasteiger partial charge is 0.309 e. The van der Waals surface area contributed by atoms with Gasteiger partial charge in [0, 0.05) is 53.1 Å². The SMILES string of the molecule is c1ccc(-c2cccc(-c3ccc4c(c3)c3ccccc3n4-c3ccc(-c4ccc(-n5c6ccccc6c6cc7sc8ccccc8c7cc65)cc4)cc3)c2)cc1. The van der Waals surface area contributed by atoms with Crippen LogP contribution < -0.4 is 0 Å². The average molecular weight is 743 g/mol. The maximum Gasteiger partial charge on any atom is 0.0548 e. The van der Waals surface area contributed by atoms with E-state index in [9.17, 15) is 0 Å². The van der Waals surface area contributed by atoms with E-state index >= 15 is 0 Å². The molecule has 0 aliphatic rings. The third-order valence-corrected chi connectivity index (χ3v) is 12.9. The molecule has 0 radical (unpaired) electrons. The predicted molar refractivity (Wildman–Crippen MR) is 244 cm³/mol. The van der Waals surface area contributed by atoms with E-state index in [-0.39, 0.29) is 0 Å². The molecule has 12 aromatic rings. The lowest BCUT2D eigenvalue weighted by Gasteiger charge is -2.11. The summed E-state index contributed by atoms with van der Waals surface area (Å²) in [6.45, 7) is 0. The molecule has 0 atom stereocenters. The number of nitrogens with zero attached hydrogens (tertiary/aromatic N) is 2. The van der Waals surface area contributed by atoms with E-state index in [1.54, 1.807) is 0 Å². The number of benzene rings is 9. The van der Waals surface area contributed by atoms with Crippen LogP contribution in [0.25, 0.3) is 109 Å². The van der Waals surface area contributed by atoms with Crippen molar-refractivity contribution in [1.82, 2.24) is 9.13 Å². The number of thiophene rings is 1. The van der Waals surface area contributed by atoms with Crippen LogP contribution in [0.2, 0.25) is 0 Å². The minimum atomic E-state index is 1.15. The van der Waals surface area contributed by atoms with Crippen LogP contribution in [0.4, 0.5) is 0 Å². The van der Waals surface area contributed by atoms with Gasteiger partial charge in [-0.15, -0.1) is 11.3 Å². The van der Waals surface area contributed by atoms with E-state index in [2.05, 4.69) is 215 Å². The molecule has 12 rings (SSSR count). The van der Waals surface area contributed by atoms with Gasteiger partial charge in [0.2, 0.25) is 0 Å². The zero-order valence-corrected chi connectivity index (χ0v) is 31.7. The Bertz CT molecular complexity index is 3490. The first-order valence-electron chi connectivity index (χ1n) is 19.5. The molecule has 0 aliphatic carbocycles. The molecule has 2 nitrogen and oxygen atoms in total. The summed E-state index contributed by atoms with van der Waals surface area (Å²) in [6, 6.07) is 75.6. The number of para-hydroxylation sites is 2. The van der Waals surface area contributed by atoms with Gasteiger partial charge in [-0.25, -0.2) is 0 Å². The normalized spacial score (nSPS) is 11.9. The van der Waals surface area contributed by atoms with E-state index in [4.69, 9.17) is 0 Å². The fourth-order valence-electron chi connectivity index (χ4n) is 9.01. The summed E-state index contributed by atoms with van der Waals surface area (Å²) < 4.78 is 7.50. The maximum absolute atomic E-state index is 2.43. The molecule has 9 aromatic carbocycles. The van der Waals surface area contributed by atoms with Crippen molar-refractivity contribution in [3.8, 4) is 44.8 Å². The van der Waals surface area contributed by atoms with Crippen molar-refractivity contribution in [2.75, 3.05) is 0 Å². The monoisotopic (exact) mass is 742 g/mol. The minimum absolute atomic E-state index is 1.15. The van der Waals surface area contributed by atoms with E-state index in [1.165, 1.54) is 97.2 Å². The van der Waals surface area contributed by atoms with Crippen LogP contribution in [-0.2, 0) is 0 Å². The van der Waals surface area contributed by atoms with Crippen molar-refractivity contribution >= 4 is 75.1 Å². The Kier molecular flexibility index (Phi) is 7.13. The highest BCUT2D eigenvalue weighted by Gasteiger charge is 2.17. The highest BCUT2D eigenvalue weighted by Crippen LogP contribution is 2.41. The molecule has 3 heterocycles. The number of rotatable bonds is 5. The molecule has 0 bridgehead atoms. The molecule has 3 heteroatoms. The first kappa shape index (κ1) is 32.1. The summed E-state index contributed by atoms with van der Waals surface area (Å²) in [5.74, 6) is 0. The van der Waals surface area contributed by atoms with Gasteiger partial charge in [0.1, 0.15) is 0 Å². The Morgan fingerprint density at radius 3 is 1.40 bits per heavy atom. The van der Waals surface area contributed by atoms with Crippen molar-refractivity contribution < 1.29 is 0 Å². The summed E-state index contributed by atoms with van der Waals surface area (Å²) in [4.78, 5) is 0. The number of hydrogen-bond donors (Lipinski definition) is 0. The van der Waals surface area contributed by atoms with E-state index in [1.807, 2.05) is 11.3 Å². The molecule has 0 amide bonds. The Hall–Kier alpha value is -7.20. The summed E-state index contributed by atoms with van der Waals surface area (Å²) in [5.41, 5.74) is 14.5. The standard InChI is InChI=1S/C54H34N2S/c1-2-11-35(12-3-1)38-13-10-14-39(31-38)40-25-30-51-46(32-40)43-15-4-7-18-49(43)55(51)41-26-21-36(22-27-41)37-23-28-42(29-24-37)56-50-19-8-5-16-44(50)47-34-54-48(33-52(47)56)45-17-6-9-20-53(45)57-54/h1-34H. The first-order valence-corrected chi connectivity index (χ1v) is 20.3. The highest BCUT2D eigenvalue weighted by atomic mass is 32.1. The van der Waals surface area contributed by atoms with Gasteiger partial charge in [-0.2, -0.15) is 0 Å². The third kappa shape index (κ3) is 5.10. The molecular formula is C54H34N2S. The molecule has 0 saturated carbocycles. The van der Waals surface area contributed by atoms with Gasteiger partial charge in [-0.05, 0) is 106 Å². The Morgan fingerprint density at radius 2 is 0.719 bits per heavy atom. The molecule has 0 unspecified atom stereocenters. The Balaban J connectivity index is 0.908. The molecule has 0 fully saturated rings. The maximum atomic E-state index is 2.43. The summed E-state index contributed by atoms with van der Waals surface area (Å²) in [7, 11) is 0. The molecule has 3 aromatic heterocycles. The van der Waals surface area contributed by atoms with Gasteiger partial charge in [-0.3, -0.25) is 0 Å². The van der Waals surface area contributed by atoms with Crippen LogP contribution in [-0.4, -0.2) is 9.13 Å². The molecule has 0 aliphatic heterocycles. The van der Waals surface area contributed by atoms with Crippen molar-refractivity contribution in [3.63, 3.8) is 0 Å². The molecule has 0 N–H and O–H groups in total. The smallest absolute Gasteiger partial charge is 0.0548 e. The summed E-state index contributed by atoms with van der Waals surface area (Å²) in [6.07, 6.45) is 0. The van der Waals surface area contributed by atoms with Gasteiger partial charge < -0.3 is 9.13 Å². The fourth-order valence-corrected chi connectivity index (χ4v) is 10.1. The molecule has 57 heavy (non-hydrogen) atoms. The fraction of sp³-hybridized carbons (Fsp3) is 0. The second kappa shape index (κ2) is 12.7. The van der Waals surface area contributed by atoms with Crippen LogP contribution in [0.3, 0.4) is 0 Å². The van der Waals surface area contributed by atoms with E-state index in [0.29, 0.717) is 0 Å². The quantitative estimate of drug-likeness (QED) is 0.166. The molecular weight excluding hydrogens is 709 g/mol.